The molecule has 1 aliphatic rings. The van der Waals surface area contributed by atoms with Crippen LogP contribution in [0.15, 0.2) is 97.2 Å². The van der Waals surface area contributed by atoms with Crippen molar-refractivity contribution in [3.63, 3.8) is 0 Å². The van der Waals surface area contributed by atoms with Crippen molar-refractivity contribution < 1.29 is 14.7 Å². The smallest absolute Gasteiger partial charge is 0.314 e. The van der Waals surface area contributed by atoms with Crippen molar-refractivity contribution in [2.75, 3.05) is 5.32 Å². The summed E-state index contributed by atoms with van der Waals surface area (Å²) in [6, 6.07) is 29.5. The fourth-order valence-corrected chi connectivity index (χ4v) is 5.14. The Kier molecular flexibility index (Phi) is 6.19. The number of nitrogens with zero attached hydrogens (tertiary/aromatic N) is 3. The second-order valence-electron chi connectivity index (χ2n) is 10.2. The number of rotatable bonds is 8. The molecule has 0 saturated heterocycles. The maximum absolute atomic E-state index is 13.1. The fourth-order valence-electron chi connectivity index (χ4n) is 5.14. The molecule has 0 unspecified atom stereocenters. The molecule has 1 saturated carbocycles. The number of anilines is 1. The SMILES string of the molecule is C[C@@H](CC(=O)Nc1c(-c2ccc(-c3ccc(C4(C(=O)O)CC4)cc3)cc2)nn2ncccc12)c1ccccc1. The van der Waals surface area contributed by atoms with Gasteiger partial charge in [-0.2, -0.15) is 5.10 Å². The molecule has 0 spiro atoms. The summed E-state index contributed by atoms with van der Waals surface area (Å²) in [5, 5.41) is 21.7. The summed E-state index contributed by atoms with van der Waals surface area (Å²) in [5.41, 5.74) is 6.14. The van der Waals surface area contributed by atoms with E-state index in [2.05, 4.69) is 15.5 Å². The average Bonchev–Trinajstić information content (AvgIpc) is 3.71. The lowest BCUT2D eigenvalue weighted by atomic mass is 9.93. The number of carboxylic acids is 1. The number of benzene rings is 3. The minimum atomic E-state index is -0.751. The fraction of sp³-hybridized carbons (Fsp3) is 0.188. The Bertz CT molecular complexity index is 1650. The van der Waals surface area contributed by atoms with Gasteiger partial charge in [0.1, 0.15) is 11.2 Å². The summed E-state index contributed by atoms with van der Waals surface area (Å²) in [6.45, 7) is 2.05. The van der Waals surface area contributed by atoms with Gasteiger partial charge < -0.3 is 10.4 Å². The molecule has 1 fully saturated rings. The molecule has 7 nitrogen and oxygen atoms in total. The van der Waals surface area contributed by atoms with E-state index in [4.69, 9.17) is 0 Å². The standard InChI is InChI=1S/C32H28N4O3/c1-21(22-6-3-2-4-7-22)20-28(37)34-30-27-8-5-19-33-36(27)35-29(30)25-11-9-23(10-12-25)24-13-15-26(16-14-24)32(17-18-32)31(38)39/h2-16,19,21H,17-18,20H2,1H3,(H,34,37)(H,38,39)/t21-/m0/s1. The van der Waals surface area contributed by atoms with Crippen LogP contribution in [0.25, 0.3) is 27.9 Å². The van der Waals surface area contributed by atoms with Crippen LogP contribution in [0.3, 0.4) is 0 Å². The Hall–Kier alpha value is -4.78. The van der Waals surface area contributed by atoms with Gasteiger partial charge in [-0.15, -0.1) is 9.73 Å². The molecule has 3 aromatic carbocycles. The minimum absolute atomic E-state index is 0.0746. The van der Waals surface area contributed by atoms with Gasteiger partial charge in [0.05, 0.1) is 11.1 Å². The first kappa shape index (κ1) is 24.6. The predicted molar refractivity (Wildman–Crippen MR) is 151 cm³/mol. The van der Waals surface area contributed by atoms with Gasteiger partial charge in [0, 0.05) is 18.2 Å². The molecule has 6 rings (SSSR count). The third-order valence-electron chi connectivity index (χ3n) is 7.63. The zero-order chi connectivity index (χ0) is 27.0. The van der Waals surface area contributed by atoms with Crippen molar-refractivity contribution in [2.24, 2.45) is 0 Å². The highest BCUT2D eigenvalue weighted by Crippen LogP contribution is 2.48. The minimum Gasteiger partial charge on any atom is -0.481 e. The van der Waals surface area contributed by atoms with Crippen molar-refractivity contribution in [3.05, 3.63) is 108 Å². The number of carbonyl (C=O) groups is 2. The van der Waals surface area contributed by atoms with E-state index in [0.717, 1.165) is 33.3 Å². The highest BCUT2D eigenvalue weighted by molar-refractivity contribution is 6.00. The lowest BCUT2D eigenvalue weighted by Crippen LogP contribution is -2.19. The lowest BCUT2D eigenvalue weighted by molar-refractivity contribution is -0.140. The number of amides is 1. The van der Waals surface area contributed by atoms with Crippen LogP contribution in [0.4, 0.5) is 5.69 Å². The molecule has 2 heterocycles. The molecule has 1 amide bonds. The van der Waals surface area contributed by atoms with E-state index in [0.29, 0.717) is 30.6 Å². The first-order valence-electron chi connectivity index (χ1n) is 13.1. The second-order valence-corrected chi connectivity index (χ2v) is 10.2. The van der Waals surface area contributed by atoms with Crippen molar-refractivity contribution in [1.82, 2.24) is 14.8 Å². The van der Waals surface area contributed by atoms with Gasteiger partial charge in [0.25, 0.3) is 0 Å². The molecule has 194 valence electrons. The van der Waals surface area contributed by atoms with Crippen molar-refractivity contribution >= 4 is 23.1 Å². The van der Waals surface area contributed by atoms with Crippen molar-refractivity contribution in [1.29, 1.82) is 0 Å². The molecule has 7 heteroatoms. The van der Waals surface area contributed by atoms with Crippen molar-refractivity contribution in [3.8, 4) is 22.4 Å². The van der Waals surface area contributed by atoms with E-state index in [1.807, 2.05) is 97.9 Å². The van der Waals surface area contributed by atoms with Gasteiger partial charge in [0.2, 0.25) is 5.91 Å². The first-order valence-corrected chi connectivity index (χ1v) is 13.1. The van der Waals surface area contributed by atoms with Gasteiger partial charge in [-0.05, 0) is 53.1 Å². The van der Waals surface area contributed by atoms with Crippen LogP contribution in [0.2, 0.25) is 0 Å². The molecule has 39 heavy (non-hydrogen) atoms. The molecule has 0 bridgehead atoms. The van der Waals surface area contributed by atoms with Crippen molar-refractivity contribution in [2.45, 2.75) is 37.5 Å². The summed E-state index contributed by atoms with van der Waals surface area (Å²) >= 11 is 0. The maximum Gasteiger partial charge on any atom is 0.314 e. The zero-order valence-corrected chi connectivity index (χ0v) is 21.5. The number of fused-ring (bicyclic) bond motifs is 1. The second kappa shape index (κ2) is 9.83. The summed E-state index contributed by atoms with van der Waals surface area (Å²) in [5.74, 6) is -0.762. The van der Waals surface area contributed by atoms with Crippen LogP contribution in [-0.2, 0) is 15.0 Å². The molecule has 1 aliphatic carbocycles. The highest BCUT2D eigenvalue weighted by Gasteiger charge is 2.51. The van der Waals surface area contributed by atoms with Crippen LogP contribution in [0.1, 0.15) is 43.2 Å². The quantitative estimate of drug-likeness (QED) is 0.252. The Labute approximate surface area is 226 Å². The zero-order valence-electron chi connectivity index (χ0n) is 21.5. The number of hydrogen-bond donors (Lipinski definition) is 2. The van der Waals surface area contributed by atoms with Crippen LogP contribution >= 0.6 is 0 Å². The molecular weight excluding hydrogens is 488 g/mol. The summed E-state index contributed by atoms with van der Waals surface area (Å²) in [4.78, 5) is 24.7. The Morgan fingerprint density at radius 1 is 0.897 bits per heavy atom. The normalized spacial score (nSPS) is 14.6. The van der Waals surface area contributed by atoms with Gasteiger partial charge in [-0.1, -0.05) is 85.8 Å². The van der Waals surface area contributed by atoms with E-state index in [9.17, 15) is 14.7 Å². The van der Waals surface area contributed by atoms with Gasteiger partial charge in [0.15, 0.2) is 0 Å². The number of carbonyl (C=O) groups excluding carboxylic acids is 1. The highest BCUT2D eigenvalue weighted by atomic mass is 16.4. The monoisotopic (exact) mass is 516 g/mol. The van der Waals surface area contributed by atoms with E-state index in [1.54, 1.807) is 6.20 Å². The molecule has 1 atom stereocenters. The number of nitrogens with one attached hydrogen (secondary N) is 1. The van der Waals surface area contributed by atoms with Crippen LogP contribution in [0.5, 0.6) is 0 Å². The average molecular weight is 517 g/mol. The lowest BCUT2D eigenvalue weighted by Gasteiger charge is -2.13. The largest absolute Gasteiger partial charge is 0.481 e. The number of carboxylic acid groups (broad SMARTS) is 1. The maximum atomic E-state index is 13.1. The Morgan fingerprint density at radius 3 is 2.18 bits per heavy atom. The van der Waals surface area contributed by atoms with Crippen LogP contribution < -0.4 is 5.32 Å². The van der Waals surface area contributed by atoms with E-state index < -0.39 is 11.4 Å². The number of hydrogen-bond acceptors (Lipinski definition) is 4. The summed E-state index contributed by atoms with van der Waals surface area (Å²) < 4.78 is 1.54. The topological polar surface area (TPSA) is 96.6 Å². The van der Waals surface area contributed by atoms with E-state index >= 15 is 0 Å². The summed E-state index contributed by atoms with van der Waals surface area (Å²) in [6.07, 6.45) is 3.39. The van der Waals surface area contributed by atoms with Gasteiger partial charge in [-0.3, -0.25) is 9.59 Å². The van der Waals surface area contributed by atoms with E-state index in [-0.39, 0.29) is 11.8 Å². The van der Waals surface area contributed by atoms with Gasteiger partial charge >= 0.3 is 5.97 Å². The third-order valence-corrected chi connectivity index (χ3v) is 7.63. The van der Waals surface area contributed by atoms with E-state index in [1.165, 1.54) is 4.63 Å². The molecule has 0 radical (unpaired) electrons. The number of aromatic nitrogens is 3. The van der Waals surface area contributed by atoms with Gasteiger partial charge in [-0.25, -0.2) is 0 Å². The summed E-state index contributed by atoms with van der Waals surface area (Å²) in [7, 11) is 0. The van der Waals surface area contributed by atoms with Crippen LogP contribution in [-0.4, -0.2) is 31.8 Å². The molecule has 5 aromatic rings. The third kappa shape index (κ3) is 4.68. The predicted octanol–water partition coefficient (Wildman–Crippen LogP) is 6.31. The Morgan fingerprint density at radius 2 is 1.54 bits per heavy atom. The molecule has 2 aromatic heterocycles. The number of aliphatic carboxylic acids is 1. The molecular formula is C32H28N4O3. The Balaban J connectivity index is 1.25. The first-order chi connectivity index (χ1) is 18.9. The molecule has 2 N–H and O–H groups in total. The molecule has 0 aliphatic heterocycles. The van der Waals surface area contributed by atoms with Crippen LogP contribution in [0, 0.1) is 0 Å².